The van der Waals surface area contributed by atoms with Gasteiger partial charge in [-0.3, -0.25) is 0 Å². The first-order chi connectivity index (χ1) is 9.73. The van der Waals surface area contributed by atoms with Gasteiger partial charge in [-0.1, -0.05) is 30.3 Å². The highest BCUT2D eigenvalue weighted by molar-refractivity contribution is 5.15. The van der Waals surface area contributed by atoms with Gasteiger partial charge in [0.2, 0.25) is 0 Å². The van der Waals surface area contributed by atoms with Gasteiger partial charge in [0.1, 0.15) is 0 Å². The van der Waals surface area contributed by atoms with Crippen LogP contribution in [0, 0.1) is 23.2 Å². The standard InChI is InChI=1S/C19H27N/c1-14(20-13-15-5-3-2-4-6-15)19-10-16-7-17(11-19)9-18(8-16)12-19/h2-6,14,16-18,20H,7-13H2,1H3. The van der Waals surface area contributed by atoms with E-state index in [9.17, 15) is 0 Å². The van der Waals surface area contributed by atoms with Gasteiger partial charge >= 0.3 is 0 Å². The lowest BCUT2D eigenvalue weighted by molar-refractivity contribution is -0.0706. The second-order valence-electron chi connectivity index (χ2n) is 7.87. The first kappa shape index (κ1) is 12.9. The molecule has 0 radical (unpaired) electrons. The average molecular weight is 269 g/mol. The smallest absolute Gasteiger partial charge is 0.0208 e. The fourth-order valence-electron chi connectivity index (χ4n) is 5.79. The summed E-state index contributed by atoms with van der Waals surface area (Å²) in [6.07, 6.45) is 9.14. The summed E-state index contributed by atoms with van der Waals surface area (Å²) < 4.78 is 0. The van der Waals surface area contributed by atoms with Crippen LogP contribution in [-0.2, 0) is 6.54 Å². The predicted octanol–water partition coefficient (Wildman–Crippen LogP) is 4.38. The second-order valence-corrected chi connectivity index (χ2v) is 7.87. The Balaban J connectivity index is 1.44. The van der Waals surface area contributed by atoms with E-state index in [1.807, 2.05) is 0 Å². The van der Waals surface area contributed by atoms with Crippen LogP contribution in [0.3, 0.4) is 0 Å². The molecule has 1 heteroatoms. The minimum absolute atomic E-state index is 0.629. The SMILES string of the molecule is CC(NCc1ccccc1)C12CC3CC(CC(C3)C1)C2. The van der Waals surface area contributed by atoms with Crippen molar-refractivity contribution in [1.82, 2.24) is 5.32 Å². The monoisotopic (exact) mass is 269 g/mol. The van der Waals surface area contributed by atoms with Crippen molar-refractivity contribution in [3.8, 4) is 0 Å². The minimum atomic E-state index is 0.629. The predicted molar refractivity (Wildman–Crippen MR) is 83.3 cm³/mol. The molecule has 1 aromatic rings. The fraction of sp³-hybridized carbons (Fsp3) is 0.684. The van der Waals surface area contributed by atoms with E-state index in [-0.39, 0.29) is 0 Å². The van der Waals surface area contributed by atoms with Crippen LogP contribution < -0.4 is 5.32 Å². The molecule has 1 aromatic carbocycles. The van der Waals surface area contributed by atoms with Crippen molar-refractivity contribution >= 4 is 0 Å². The molecular weight excluding hydrogens is 242 g/mol. The van der Waals surface area contributed by atoms with E-state index in [1.54, 1.807) is 19.3 Å². The first-order valence-corrected chi connectivity index (χ1v) is 8.51. The van der Waals surface area contributed by atoms with Crippen molar-refractivity contribution in [1.29, 1.82) is 0 Å². The highest BCUT2D eigenvalue weighted by atomic mass is 14.9. The van der Waals surface area contributed by atoms with E-state index < -0.39 is 0 Å². The Morgan fingerprint density at radius 2 is 1.55 bits per heavy atom. The molecule has 108 valence electrons. The Morgan fingerprint density at radius 3 is 2.10 bits per heavy atom. The Hall–Kier alpha value is -0.820. The summed E-state index contributed by atoms with van der Waals surface area (Å²) >= 11 is 0. The van der Waals surface area contributed by atoms with E-state index >= 15 is 0 Å². The van der Waals surface area contributed by atoms with Gasteiger partial charge in [0.05, 0.1) is 0 Å². The van der Waals surface area contributed by atoms with Gasteiger partial charge in [-0.05, 0) is 74.2 Å². The van der Waals surface area contributed by atoms with Crippen LogP contribution in [0.2, 0.25) is 0 Å². The molecular formula is C19H27N. The molecule has 4 aliphatic carbocycles. The zero-order valence-electron chi connectivity index (χ0n) is 12.6. The summed E-state index contributed by atoms with van der Waals surface area (Å²) in [5, 5.41) is 3.86. The molecule has 4 fully saturated rings. The van der Waals surface area contributed by atoms with Crippen LogP contribution >= 0.6 is 0 Å². The molecule has 4 bridgehead atoms. The van der Waals surface area contributed by atoms with Crippen LogP contribution in [0.1, 0.15) is 51.0 Å². The largest absolute Gasteiger partial charge is 0.310 e. The van der Waals surface area contributed by atoms with Crippen molar-refractivity contribution in [3.05, 3.63) is 35.9 Å². The van der Waals surface area contributed by atoms with Crippen LogP contribution in [0.5, 0.6) is 0 Å². The van der Waals surface area contributed by atoms with Crippen molar-refractivity contribution < 1.29 is 0 Å². The highest BCUT2D eigenvalue weighted by Gasteiger charge is 2.52. The van der Waals surface area contributed by atoms with E-state index in [2.05, 4.69) is 42.6 Å². The number of benzene rings is 1. The van der Waals surface area contributed by atoms with Gasteiger partial charge in [-0.2, -0.15) is 0 Å². The van der Waals surface area contributed by atoms with Crippen molar-refractivity contribution in [2.24, 2.45) is 23.2 Å². The Bertz CT molecular complexity index is 429. The number of rotatable bonds is 4. The minimum Gasteiger partial charge on any atom is -0.310 e. The van der Waals surface area contributed by atoms with Crippen molar-refractivity contribution in [3.63, 3.8) is 0 Å². The van der Waals surface area contributed by atoms with Crippen molar-refractivity contribution in [2.45, 2.75) is 58.0 Å². The Kier molecular flexibility index (Phi) is 3.14. The Labute approximate surface area is 123 Å². The molecule has 0 saturated heterocycles. The molecule has 0 amide bonds. The van der Waals surface area contributed by atoms with Crippen LogP contribution in [-0.4, -0.2) is 6.04 Å². The molecule has 5 rings (SSSR count). The summed E-state index contributed by atoms with van der Waals surface area (Å²) in [5.74, 6) is 3.17. The third kappa shape index (κ3) is 2.20. The zero-order valence-corrected chi connectivity index (χ0v) is 12.6. The van der Waals surface area contributed by atoms with Crippen LogP contribution in [0.25, 0.3) is 0 Å². The number of hydrogen-bond acceptors (Lipinski definition) is 1. The van der Waals surface area contributed by atoms with Gasteiger partial charge in [0.15, 0.2) is 0 Å². The summed E-state index contributed by atoms with van der Waals surface area (Å²) in [7, 11) is 0. The van der Waals surface area contributed by atoms with Gasteiger partial charge in [0, 0.05) is 12.6 Å². The molecule has 1 unspecified atom stereocenters. The zero-order chi connectivity index (χ0) is 13.6. The molecule has 1 nitrogen and oxygen atoms in total. The van der Waals surface area contributed by atoms with Gasteiger partial charge in [-0.25, -0.2) is 0 Å². The first-order valence-electron chi connectivity index (χ1n) is 8.51. The third-order valence-corrected chi connectivity index (χ3v) is 6.46. The third-order valence-electron chi connectivity index (χ3n) is 6.46. The van der Waals surface area contributed by atoms with E-state index in [1.165, 1.54) is 24.8 Å². The van der Waals surface area contributed by atoms with E-state index in [4.69, 9.17) is 0 Å². The molecule has 20 heavy (non-hydrogen) atoms. The number of nitrogens with one attached hydrogen (secondary N) is 1. The average Bonchev–Trinajstić information content (AvgIpc) is 2.44. The van der Waals surface area contributed by atoms with E-state index in [0.29, 0.717) is 11.5 Å². The van der Waals surface area contributed by atoms with Gasteiger partial charge in [-0.15, -0.1) is 0 Å². The van der Waals surface area contributed by atoms with Crippen LogP contribution in [0.4, 0.5) is 0 Å². The van der Waals surface area contributed by atoms with Crippen molar-refractivity contribution in [2.75, 3.05) is 0 Å². The molecule has 0 spiro atoms. The maximum atomic E-state index is 3.86. The summed E-state index contributed by atoms with van der Waals surface area (Å²) in [6.45, 7) is 3.49. The maximum Gasteiger partial charge on any atom is 0.0208 e. The maximum absolute atomic E-state index is 3.86. The van der Waals surface area contributed by atoms with Gasteiger partial charge in [0.25, 0.3) is 0 Å². The number of hydrogen-bond donors (Lipinski definition) is 1. The van der Waals surface area contributed by atoms with Crippen LogP contribution in [0.15, 0.2) is 30.3 Å². The molecule has 4 saturated carbocycles. The second kappa shape index (κ2) is 4.87. The molecule has 1 atom stereocenters. The summed E-state index contributed by atoms with van der Waals surface area (Å²) in [6, 6.07) is 11.5. The molecule has 0 heterocycles. The summed E-state index contributed by atoms with van der Waals surface area (Å²) in [5.41, 5.74) is 2.05. The molecule has 0 aliphatic heterocycles. The Morgan fingerprint density at radius 1 is 1.00 bits per heavy atom. The topological polar surface area (TPSA) is 12.0 Å². The quantitative estimate of drug-likeness (QED) is 0.855. The lowest BCUT2D eigenvalue weighted by Crippen LogP contribution is -2.54. The molecule has 1 N–H and O–H groups in total. The lowest BCUT2D eigenvalue weighted by Gasteiger charge is -2.59. The molecule has 4 aliphatic rings. The fourth-order valence-corrected chi connectivity index (χ4v) is 5.79. The normalized spacial score (nSPS) is 40.0. The lowest BCUT2D eigenvalue weighted by atomic mass is 9.48. The molecule has 0 aromatic heterocycles. The summed E-state index contributed by atoms with van der Waals surface area (Å²) in [4.78, 5) is 0. The van der Waals surface area contributed by atoms with Gasteiger partial charge < -0.3 is 5.32 Å². The van der Waals surface area contributed by atoms with E-state index in [0.717, 1.165) is 24.3 Å². The highest BCUT2D eigenvalue weighted by Crippen LogP contribution is 2.61.